The maximum atomic E-state index is 11.9. The number of thiophene rings is 1. The summed E-state index contributed by atoms with van der Waals surface area (Å²) in [5.74, 6) is -1.06. The molecule has 0 radical (unpaired) electrons. The summed E-state index contributed by atoms with van der Waals surface area (Å²) in [5.41, 5.74) is 0. The van der Waals surface area contributed by atoms with Crippen LogP contribution in [-0.4, -0.2) is 36.8 Å². The van der Waals surface area contributed by atoms with Crippen LogP contribution in [-0.2, 0) is 14.3 Å². The van der Waals surface area contributed by atoms with Crippen LogP contribution in [0.15, 0.2) is 12.1 Å². The van der Waals surface area contributed by atoms with E-state index in [9.17, 15) is 19.2 Å². The average Bonchev–Trinajstić information content (AvgIpc) is 2.96. The molecule has 8 heteroatoms. The summed E-state index contributed by atoms with van der Waals surface area (Å²) >= 11 is 1.37. The highest BCUT2D eigenvalue weighted by Gasteiger charge is 2.14. The van der Waals surface area contributed by atoms with Gasteiger partial charge >= 0.3 is 12.0 Å². The molecule has 1 heterocycles. The zero-order valence-electron chi connectivity index (χ0n) is 14.7. The monoisotopic (exact) mass is 368 g/mol. The Morgan fingerprint density at radius 1 is 1.16 bits per heavy atom. The van der Waals surface area contributed by atoms with E-state index in [1.165, 1.54) is 11.3 Å². The molecular formula is C17H24N2O5S. The molecular weight excluding hydrogens is 344 g/mol. The Labute approximate surface area is 151 Å². The normalized spacial score (nSPS) is 10.4. The number of nitrogens with one attached hydrogen (secondary N) is 2. The van der Waals surface area contributed by atoms with Gasteiger partial charge < -0.3 is 10.1 Å². The van der Waals surface area contributed by atoms with Crippen LogP contribution in [0.1, 0.15) is 47.7 Å². The minimum absolute atomic E-state index is 0.0239. The van der Waals surface area contributed by atoms with Gasteiger partial charge in [-0.3, -0.25) is 19.7 Å². The number of ketones is 1. The van der Waals surface area contributed by atoms with Crippen LogP contribution in [0.25, 0.3) is 0 Å². The van der Waals surface area contributed by atoms with Gasteiger partial charge in [-0.2, -0.15) is 0 Å². The molecule has 0 saturated heterocycles. The number of urea groups is 1. The van der Waals surface area contributed by atoms with Gasteiger partial charge in [-0.15, -0.1) is 11.3 Å². The maximum Gasteiger partial charge on any atom is 0.321 e. The molecule has 0 saturated carbocycles. The lowest BCUT2D eigenvalue weighted by molar-refractivity contribution is -0.148. The van der Waals surface area contributed by atoms with Crippen molar-refractivity contribution < 1.29 is 23.9 Å². The topological polar surface area (TPSA) is 102 Å². The lowest BCUT2D eigenvalue weighted by Crippen LogP contribution is -2.42. The number of hydrogen-bond acceptors (Lipinski definition) is 6. The molecule has 0 fully saturated rings. The fourth-order valence-corrected chi connectivity index (χ4v) is 2.66. The molecule has 25 heavy (non-hydrogen) atoms. The number of carbonyl (C=O) groups excluding carboxylic acids is 4. The van der Waals surface area contributed by atoms with E-state index in [1.54, 1.807) is 6.07 Å². The molecule has 0 unspecified atom stereocenters. The summed E-state index contributed by atoms with van der Waals surface area (Å²) in [6.07, 6.45) is 0.716. The lowest BCUT2D eigenvalue weighted by atomic mass is 10.1. The molecule has 0 aliphatic heterocycles. The van der Waals surface area contributed by atoms with E-state index in [1.807, 2.05) is 26.8 Å². The standard InChI is InChI=1S/C17H24N2O5S/c1-11(2)8-9-18-17(23)19-15(21)10-24-16(22)7-5-13(20)14-6-4-12(3)25-14/h4,6,11H,5,7-10H2,1-3H3,(H2,18,19,21,23). The van der Waals surface area contributed by atoms with E-state index in [-0.39, 0.29) is 18.6 Å². The van der Waals surface area contributed by atoms with Gasteiger partial charge in [0.15, 0.2) is 12.4 Å². The fourth-order valence-electron chi connectivity index (χ4n) is 1.82. The van der Waals surface area contributed by atoms with Gasteiger partial charge in [0.25, 0.3) is 5.91 Å². The summed E-state index contributed by atoms with van der Waals surface area (Å²) in [4.78, 5) is 48.0. The van der Waals surface area contributed by atoms with Crippen LogP contribution < -0.4 is 10.6 Å². The highest BCUT2D eigenvalue weighted by atomic mass is 32.1. The van der Waals surface area contributed by atoms with Crippen LogP contribution in [0, 0.1) is 12.8 Å². The van der Waals surface area contributed by atoms with Gasteiger partial charge in [0, 0.05) is 17.8 Å². The summed E-state index contributed by atoms with van der Waals surface area (Å²) < 4.78 is 4.76. The van der Waals surface area contributed by atoms with Crippen molar-refractivity contribution in [2.75, 3.05) is 13.2 Å². The summed E-state index contributed by atoms with van der Waals surface area (Å²) in [6.45, 7) is 5.85. The molecule has 1 aromatic heterocycles. The second-order valence-electron chi connectivity index (χ2n) is 5.98. The van der Waals surface area contributed by atoms with Crippen molar-refractivity contribution in [2.24, 2.45) is 5.92 Å². The van der Waals surface area contributed by atoms with Crippen molar-refractivity contribution in [3.8, 4) is 0 Å². The largest absolute Gasteiger partial charge is 0.456 e. The Bertz CT molecular complexity index is 624. The number of imide groups is 1. The van der Waals surface area contributed by atoms with Crippen LogP contribution >= 0.6 is 11.3 Å². The first-order valence-electron chi connectivity index (χ1n) is 8.11. The quantitative estimate of drug-likeness (QED) is 0.515. The van der Waals surface area contributed by atoms with Crippen LogP contribution in [0.4, 0.5) is 4.79 Å². The number of amides is 3. The number of esters is 1. The highest BCUT2D eigenvalue weighted by molar-refractivity contribution is 7.14. The van der Waals surface area contributed by atoms with Crippen LogP contribution in [0.3, 0.4) is 0 Å². The lowest BCUT2D eigenvalue weighted by Gasteiger charge is -2.08. The molecule has 0 aromatic carbocycles. The SMILES string of the molecule is Cc1ccc(C(=O)CCC(=O)OCC(=O)NC(=O)NCCC(C)C)s1. The van der Waals surface area contributed by atoms with Crippen LogP contribution in [0.2, 0.25) is 0 Å². The second kappa shape index (κ2) is 10.6. The molecule has 7 nitrogen and oxygen atoms in total. The fraction of sp³-hybridized carbons (Fsp3) is 0.529. The first-order valence-corrected chi connectivity index (χ1v) is 8.92. The van der Waals surface area contributed by atoms with Gasteiger partial charge in [-0.05, 0) is 31.4 Å². The summed E-state index contributed by atoms with van der Waals surface area (Å²) in [6, 6.07) is 2.94. The first-order chi connectivity index (χ1) is 11.8. The predicted molar refractivity (Wildman–Crippen MR) is 94.6 cm³/mol. The number of ether oxygens (including phenoxy) is 1. The Hall–Kier alpha value is -2.22. The molecule has 1 aromatic rings. The maximum absolute atomic E-state index is 11.9. The van der Waals surface area contributed by atoms with Gasteiger partial charge in [-0.1, -0.05) is 13.8 Å². The van der Waals surface area contributed by atoms with Crippen molar-refractivity contribution in [1.82, 2.24) is 10.6 Å². The predicted octanol–water partition coefficient (Wildman–Crippen LogP) is 2.43. The number of Topliss-reactive ketones (excluding diaryl/α,β-unsaturated/α-hetero) is 1. The third-order valence-electron chi connectivity index (χ3n) is 3.20. The third-order valence-corrected chi connectivity index (χ3v) is 4.24. The minimum Gasteiger partial charge on any atom is -0.456 e. The van der Waals surface area contributed by atoms with Crippen molar-refractivity contribution in [3.05, 3.63) is 21.9 Å². The number of carbonyl (C=O) groups is 4. The van der Waals surface area contributed by atoms with E-state index in [0.29, 0.717) is 17.3 Å². The highest BCUT2D eigenvalue weighted by Crippen LogP contribution is 2.17. The molecule has 0 aliphatic carbocycles. The molecule has 3 amide bonds. The molecule has 0 bridgehead atoms. The van der Waals surface area contributed by atoms with E-state index in [0.717, 1.165) is 11.3 Å². The van der Waals surface area contributed by atoms with E-state index in [4.69, 9.17) is 4.74 Å². The summed E-state index contributed by atoms with van der Waals surface area (Å²) in [7, 11) is 0. The molecule has 0 spiro atoms. The number of hydrogen-bond donors (Lipinski definition) is 2. The smallest absolute Gasteiger partial charge is 0.321 e. The van der Waals surface area contributed by atoms with Crippen molar-refractivity contribution in [3.63, 3.8) is 0 Å². The molecule has 0 aliphatic rings. The molecule has 138 valence electrons. The molecule has 0 atom stereocenters. The first kappa shape index (κ1) is 20.8. The van der Waals surface area contributed by atoms with Crippen molar-refractivity contribution in [1.29, 1.82) is 0 Å². The van der Waals surface area contributed by atoms with Crippen molar-refractivity contribution in [2.45, 2.75) is 40.0 Å². The van der Waals surface area contributed by atoms with E-state index < -0.39 is 24.5 Å². The number of aryl methyl sites for hydroxylation is 1. The zero-order chi connectivity index (χ0) is 18.8. The number of rotatable bonds is 9. The van der Waals surface area contributed by atoms with Crippen LogP contribution in [0.5, 0.6) is 0 Å². The average molecular weight is 368 g/mol. The van der Waals surface area contributed by atoms with Gasteiger partial charge in [0.1, 0.15) is 0 Å². The van der Waals surface area contributed by atoms with E-state index >= 15 is 0 Å². The molecule has 2 N–H and O–H groups in total. The van der Waals surface area contributed by atoms with E-state index in [2.05, 4.69) is 10.6 Å². The summed E-state index contributed by atoms with van der Waals surface area (Å²) in [5, 5.41) is 4.61. The Balaban J connectivity index is 2.19. The van der Waals surface area contributed by atoms with Gasteiger partial charge in [0.05, 0.1) is 11.3 Å². The van der Waals surface area contributed by atoms with Gasteiger partial charge in [-0.25, -0.2) is 4.79 Å². The van der Waals surface area contributed by atoms with Gasteiger partial charge in [0.2, 0.25) is 0 Å². The van der Waals surface area contributed by atoms with Crippen molar-refractivity contribution >= 4 is 35.0 Å². The zero-order valence-corrected chi connectivity index (χ0v) is 15.5. The molecule has 1 rings (SSSR count). The third kappa shape index (κ3) is 8.99. The Morgan fingerprint density at radius 3 is 2.48 bits per heavy atom. The minimum atomic E-state index is -0.712. The Morgan fingerprint density at radius 2 is 1.88 bits per heavy atom. The Kier molecular flexibility index (Phi) is 8.83. The second-order valence-corrected chi connectivity index (χ2v) is 7.27.